The van der Waals surface area contributed by atoms with Crippen molar-refractivity contribution in [1.82, 2.24) is 5.32 Å². The van der Waals surface area contributed by atoms with Gasteiger partial charge in [0.25, 0.3) is 0 Å². The molecule has 0 aliphatic heterocycles. The number of aliphatic hydroxyl groups is 1. The van der Waals surface area contributed by atoms with Crippen LogP contribution in [0.5, 0.6) is 5.75 Å². The highest BCUT2D eigenvalue weighted by molar-refractivity contribution is 5.39. The van der Waals surface area contributed by atoms with Gasteiger partial charge in [0.2, 0.25) is 0 Å². The summed E-state index contributed by atoms with van der Waals surface area (Å²) >= 11 is 0. The van der Waals surface area contributed by atoms with Crippen LogP contribution >= 0.6 is 0 Å². The molecule has 0 aromatic heterocycles. The number of hydrogen-bond acceptors (Lipinski definition) is 3. The van der Waals surface area contributed by atoms with Gasteiger partial charge in [-0.05, 0) is 18.9 Å². The normalized spacial score (nSPS) is 23.2. The SMILES string of the molecule is Cc1cccc(CN[C@@H]2C=C[C@H](CO)C2)c1O. The van der Waals surface area contributed by atoms with Crippen molar-refractivity contribution < 1.29 is 10.2 Å². The van der Waals surface area contributed by atoms with Crippen molar-refractivity contribution in [1.29, 1.82) is 0 Å². The topological polar surface area (TPSA) is 52.5 Å². The molecule has 2 rings (SSSR count). The van der Waals surface area contributed by atoms with Crippen LogP contribution < -0.4 is 5.32 Å². The molecule has 1 aliphatic carbocycles. The summed E-state index contributed by atoms with van der Waals surface area (Å²) in [5, 5.41) is 22.3. The molecule has 3 nitrogen and oxygen atoms in total. The minimum Gasteiger partial charge on any atom is -0.507 e. The van der Waals surface area contributed by atoms with Crippen LogP contribution in [-0.4, -0.2) is 22.9 Å². The largest absolute Gasteiger partial charge is 0.507 e. The van der Waals surface area contributed by atoms with Crippen LogP contribution in [0.2, 0.25) is 0 Å². The Kier molecular flexibility index (Phi) is 3.82. The van der Waals surface area contributed by atoms with E-state index in [4.69, 9.17) is 5.11 Å². The molecule has 0 fully saturated rings. The van der Waals surface area contributed by atoms with Crippen LogP contribution in [0.1, 0.15) is 17.5 Å². The van der Waals surface area contributed by atoms with Crippen LogP contribution in [0.3, 0.4) is 0 Å². The zero-order valence-corrected chi connectivity index (χ0v) is 10.1. The summed E-state index contributed by atoms with van der Waals surface area (Å²) in [6.45, 7) is 2.77. The van der Waals surface area contributed by atoms with Gasteiger partial charge in [0.15, 0.2) is 0 Å². The smallest absolute Gasteiger partial charge is 0.122 e. The van der Waals surface area contributed by atoms with E-state index in [0.29, 0.717) is 18.3 Å². The molecule has 1 aliphatic rings. The second-order valence-electron chi connectivity index (χ2n) is 4.63. The molecule has 2 atom stereocenters. The standard InChI is InChI=1S/C14H19NO2/c1-10-3-2-4-12(14(10)17)8-15-13-6-5-11(7-13)9-16/h2-6,11,13,15-17H,7-9H2,1H3/t11-,13+/m0/s1. The molecular weight excluding hydrogens is 214 g/mol. The molecule has 3 N–H and O–H groups in total. The highest BCUT2D eigenvalue weighted by Gasteiger charge is 2.17. The lowest BCUT2D eigenvalue weighted by atomic mass is 10.1. The Balaban J connectivity index is 1.91. The second kappa shape index (κ2) is 5.34. The van der Waals surface area contributed by atoms with E-state index in [1.807, 2.05) is 31.2 Å². The Morgan fingerprint density at radius 2 is 2.18 bits per heavy atom. The summed E-state index contributed by atoms with van der Waals surface area (Å²) in [5.74, 6) is 0.652. The van der Waals surface area contributed by atoms with Crippen molar-refractivity contribution in [2.45, 2.75) is 25.9 Å². The molecule has 92 valence electrons. The molecule has 0 saturated carbocycles. The molecule has 0 spiro atoms. The van der Waals surface area contributed by atoms with E-state index in [1.54, 1.807) is 0 Å². The Morgan fingerprint density at radius 3 is 2.88 bits per heavy atom. The van der Waals surface area contributed by atoms with Crippen LogP contribution in [0.25, 0.3) is 0 Å². The van der Waals surface area contributed by atoms with Crippen molar-refractivity contribution in [3.05, 3.63) is 41.5 Å². The number of hydrogen-bond donors (Lipinski definition) is 3. The highest BCUT2D eigenvalue weighted by Crippen LogP contribution is 2.22. The molecule has 0 unspecified atom stereocenters. The van der Waals surface area contributed by atoms with Crippen LogP contribution in [0.4, 0.5) is 0 Å². The van der Waals surface area contributed by atoms with Crippen molar-refractivity contribution in [2.24, 2.45) is 5.92 Å². The van der Waals surface area contributed by atoms with Gasteiger partial charge in [-0.25, -0.2) is 0 Å². The first kappa shape index (κ1) is 12.1. The van der Waals surface area contributed by atoms with E-state index >= 15 is 0 Å². The maximum atomic E-state index is 9.87. The molecule has 0 radical (unpaired) electrons. The fourth-order valence-electron chi connectivity index (χ4n) is 2.16. The van der Waals surface area contributed by atoms with Gasteiger partial charge in [-0.1, -0.05) is 30.4 Å². The summed E-state index contributed by atoms with van der Waals surface area (Å²) in [4.78, 5) is 0. The summed E-state index contributed by atoms with van der Waals surface area (Å²) in [6, 6.07) is 6.08. The van der Waals surface area contributed by atoms with Crippen molar-refractivity contribution in [2.75, 3.05) is 6.61 Å². The third-order valence-electron chi connectivity index (χ3n) is 3.28. The predicted octanol–water partition coefficient (Wildman–Crippen LogP) is 1.73. The monoisotopic (exact) mass is 233 g/mol. The molecule has 0 saturated heterocycles. The van der Waals surface area contributed by atoms with Gasteiger partial charge in [0, 0.05) is 30.7 Å². The average molecular weight is 233 g/mol. The van der Waals surface area contributed by atoms with E-state index < -0.39 is 0 Å². The fraction of sp³-hybridized carbons (Fsp3) is 0.429. The minimum atomic E-state index is 0.213. The quantitative estimate of drug-likeness (QED) is 0.694. The molecule has 0 amide bonds. The van der Waals surface area contributed by atoms with Crippen LogP contribution in [0.15, 0.2) is 30.4 Å². The number of aromatic hydroxyl groups is 1. The van der Waals surface area contributed by atoms with Crippen LogP contribution in [-0.2, 0) is 6.54 Å². The first-order chi connectivity index (χ1) is 8.20. The number of rotatable bonds is 4. The summed E-state index contributed by atoms with van der Waals surface area (Å²) < 4.78 is 0. The number of para-hydroxylation sites is 1. The number of benzene rings is 1. The lowest BCUT2D eigenvalue weighted by Crippen LogP contribution is -2.26. The van der Waals surface area contributed by atoms with E-state index in [0.717, 1.165) is 17.5 Å². The molecule has 1 aromatic rings. The zero-order chi connectivity index (χ0) is 12.3. The first-order valence-corrected chi connectivity index (χ1v) is 6.00. The van der Waals surface area contributed by atoms with Gasteiger partial charge < -0.3 is 15.5 Å². The number of nitrogens with one attached hydrogen (secondary N) is 1. The van der Waals surface area contributed by atoms with E-state index in [-0.39, 0.29) is 12.5 Å². The lowest BCUT2D eigenvalue weighted by Gasteiger charge is -2.14. The van der Waals surface area contributed by atoms with Crippen LogP contribution in [0, 0.1) is 12.8 Å². The van der Waals surface area contributed by atoms with Crippen molar-refractivity contribution in [3.63, 3.8) is 0 Å². The lowest BCUT2D eigenvalue weighted by molar-refractivity contribution is 0.246. The Labute approximate surface area is 102 Å². The summed E-state index contributed by atoms with van der Waals surface area (Å²) in [7, 11) is 0. The van der Waals surface area contributed by atoms with E-state index in [2.05, 4.69) is 11.4 Å². The molecule has 3 heteroatoms. The van der Waals surface area contributed by atoms with Crippen molar-refractivity contribution >= 4 is 0 Å². The first-order valence-electron chi connectivity index (χ1n) is 6.00. The Bertz CT molecular complexity index is 415. The van der Waals surface area contributed by atoms with E-state index in [1.165, 1.54) is 0 Å². The summed E-state index contributed by atoms with van der Waals surface area (Å²) in [5.41, 5.74) is 1.82. The number of aryl methyl sites for hydroxylation is 1. The Hall–Kier alpha value is -1.32. The number of phenols is 1. The van der Waals surface area contributed by atoms with Gasteiger partial charge >= 0.3 is 0 Å². The zero-order valence-electron chi connectivity index (χ0n) is 10.1. The second-order valence-corrected chi connectivity index (χ2v) is 4.63. The van der Waals surface area contributed by atoms with Gasteiger partial charge in [-0.15, -0.1) is 0 Å². The van der Waals surface area contributed by atoms with Gasteiger partial charge in [-0.2, -0.15) is 0 Å². The Morgan fingerprint density at radius 1 is 1.35 bits per heavy atom. The van der Waals surface area contributed by atoms with E-state index in [9.17, 15) is 5.11 Å². The predicted molar refractivity (Wildman–Crippen MR) is 67.8 cm³/mol. The molecule has 17 heavy (non-hydrogen) atoms. The minimum absolute atomic E-state index is 0.213. The number of aliphatic hydroxyl groups excluding tert-OH is 1. The molecular formula is C14H19NO2. The third kappa shape index (κ3) is 2.87. The summed E-state index contributed by atoms with van der Waals surface area (Å²) in [6.07, 6.45) is 5.07. The average Bonchev–Trinajstić information content (AvgIpc) is 2.79. The van der Waals surface area contributed by atoms with Gasteiger partial charge in [0.1, 0.15) is 5.75 Å². The van der Waals surface area contributed by atoms with Gasteiger partial charge in [0.05, 0.1) is 0 Å². The molecule has 1 aromatic carbocycles. The molecule has 0 bridgehead atoms. The fourth-order valence-corrected chi connectivity index (χ4v) is 2.16. The number of phenolic OH excluding ortho intramolecular Hbond substituents is 1. The maximum absolute atomic E-state index is 9.87. The third-order valence-corrected chi connectivity index (χ3v) is 3.28. The molecule has 0 heterocycles. The highest BCUT2D eigenvalue weighted by atomic mass is 16.3. The maximum Gasteiger partial charge on any atom is 0.122 e. The van der Waals surface area contributed by atoms with Gasteiger partial charge in [-0.3, -0.25) is 0 Å². The van der Waals surface area contributed by atoms with Crippen molar-refractivity contribution in [3.8, 4) is 5.75 Å².